The fourth-order valence-corrected chi connectivity index (χ4v) is 3.56. The molecule has 3 nitrogen and oxygen atoms in total. The summed E-state index contributed by atoms with van der Waals surface area (Å²) in [5.74, 6) is 0.653. The Balaban J connectivity index is 1.56. The van der Waals surface area contributed by atoms with Gasteiger partial charge in [0, 0.05) is 11.8 Å². The summed E-state index contributed by atoms with van der Waals surface area (Å²) in [6.45, 7) is 0.560. The fourth-order valence-electron chi connectivity index (χ4n) is 3.39. The molecular formula is C16H22ClNO2. The topological polar surface area (TPSA) is 44.5 Å². The van der Waals surface area contributed by atoms with Crippen molar-refractivity contribution < 1.29 is 9.47 Å². The van der Waals surface area contributed by atoms with E-state index < -0.39 is 0 Å². The lowest BCUT2D eigenvalue weighted by atomic mass is 9.83. The first kappa shape index (κ1) is 14.0. The average Bonchev–Trinajstić information content (AvgIpc) is 2.84. The molecule has 0 amide bonds. The van der Waals surface area contributed by atoms with Gasteiger partial charge in [-0.3, -0.25) is 0 Å². The van der Waals surface area contributed by atoms with Gasteiger partial charge in [0.2, 0.25) is 0 Å². The molecular weight excluding hydrogens is 274 g/mol. The van der Waals surface area contributed by atoms with Crippen LogP contribution in [-0.4, -0.2) is 18.3 Å². The third-order valence-corrected chi connectivity index (χ3v) is 4.80. The van der Waals surface area contributed by atoms with Gasteiger partial charge in [-0.1, -0.05) is 30.9 Å². The van der Waals surface area contributed by atoms with Crippen molar-refractivity contribution in [3.8, 4) is 5.75 Å². The van der Waals surface area contributed by atoms with E-state index in [4.69, 9.17) is 26.8 Å². The van der Waals surface area contributed by atoms with Crippen LogP contribution >= 0.6 is 11.6 Å². The van der Waals surface area contributed by atoms with Gasteiger partial charge in [0.15, 0.2) is 0 Å². The monoisotopic (exact) mass is 295 g/mol. The van der Waals surface area contributed by atoms with Crippen LogP contribution in [0, 0.1) is 0 Å². The fraction of sp³-hybridized carbons (Fsp3) is 0.625. The van der Waals surface area contributed by atoms with Crippen LogP contribution in [0.25, 0.3) is 0 Å². The Morgan fingerprint density at radius 1 is 1.25 bits per heavy atom. The molecule has 1 aromatic rings. The van der Waals surface area contributed by atoms with E-state index in [2.05, 4.69) is 0 Å². The lowest BCUT2D eigenvalue weighted by Gasteiger charge is -2.33. The summed E-state index contributed by atoms with van der Waals surface area (Å²) in [4.78, 5) is 0. The molecule has 0 bridgehead atoms. The quantitative estimate of drug-likeness (QED) is 0.851. The number of hydrogen-bond acceptors (Lipinski definition) is 3. The average molecular weight is 296 g/mol. The number of benzene rings is 1. The molecule has 4 heteroatoms. The van der Waals surface area contributed by atoms with Gasteiger partial charge in [0.05, 0.1) is 16.7 Å². The molecule has 1 aliphatic carbocycles. The molecule has 2 fully saturated rings. The van der Waals surface area contributed by atoms with Crippen LogP contribution in [0.4, 0.5) is 5.69 Å². The van der Waals surface area contributed by atoms with E-state index in [1.165, 1.54) is 38.5 Å². The Morgan fingerprint density at radius 2 is 2.05 bits per heavy atom. The van der Waals surface area contributed by atoms with Crippen molar-refractivity contribution in [1.82, 2.24) is 0 Å². The molecule has 1 unspecified atom stereocenters. The lowest BCUT2D eigenvalue weighted by Crippen LogP contribution is -2.32. The van der Waals surface area contributed by atoms with Crippen molar-refractivity contribution in [1.29, 1.82) is 0 Å². The Kier molecular flexibility index (Phi) is 4.08. The molecule has 1 saturated heterocycles. The largest absolute Gasteiger partial charge is 0.489 e. The summed E-state index contributed by atoms with van der Waals surface area (Å²) >= 11 is 6.10. The molecule has 110 valence electrons. The van der Waals surface area contributed by atoms with Crippen molar-refractivity contribution in [3.05, 3.63) is 23.2 Å². The highest BCUT2D eigenvalue weighted by Crippen LogP contribution is 2.42. The molecule has 0 aromatic heterocycles. The summed E-state index contributed by atoms with van der Waals surface area (Å²) in [6.07, 6.45) is 8.82. The first-order valence-corrected chi connectivity index (χ1v) is 7.90. The van der Waals surface area contributed by atoms with Crippen molar-refractivity contribution in [2.75, 3.05) is 12.3 Å². The van der Waals surface area contributed by atoms with E-state index in [9.17, 15) is 0 Å². The third kappa shape index (κ3) is 3.04. The van der Waals surface area contributed by atoms with Crippen molar-refractivity contribution in [2.45, 2.75) is 56.7 Å². The predicted octanol–water partition coefficient (Wildman–Crippen LogP) is 4.18. The molecule has 2 N–H and O–H groups in total. The number of halogens is 1. The molecule has 1 aliphatic heterocycles. The Bertz CT molecular complexity index is 472. The van der Waals surface area contributed by atoms with Crippen LogP contribution in [0.3, 0.4) is 0 Å². The molecule has 1 spiro atoms. The molecule has 2 aliphatic rings. The number of nitrogen functional groups attached to an aromatic ring is 1. The molecule has 1 atom stereocenters. The van der Waals surface area contributed by atoms with E-state index in [0.29, 0.717) is 23.1 Å². The zero-order valence-electron chi connectivity index (χ0n) is 11.7. The number of rotatable bonds is 3. The molecule has 1 heterocycles. The highest BCUT2D eigenvalue weighted by Gasteiger charge is 2.40. The minimum absolute atomic E-state index is 0.145. The van der Waals surface area contributed by atoms with E-state index >= 15 is 0 Å². The lowest BCUT2D eigenvalue weighted by molar-refractivity contribution is -0.0748. The maximum absolute atomic E-state index is 6.28. The highest BCUT2D eigenvalue weighted by atomic mass is 35.5. The van der Waals surface area contributed by atoms with Gasteiger partial charge in [-0.2, -0.15) is 0 Å². The van der Waals surface area contributed by atoms with Crippen molar-refractivity contribution >= 4 is 17.3 Å². The predicted molar refractivity (Wildman–Crippen MR) is 81.3 cm³/mol. The second-order valence-electron chi connectivity index (χ2n) is 6.02. The zero-order valence-corrected chi connectivity index (χ0v) is 12.5. The molecule has 0 radical (unpaired) electrons. The van der Waals surface area contributed by atoms with E-state index in [1.54, 1.807) is 18.2 Å². The first-order valence-electron chi connectivity index (χ1n) is 7.53. The summed E-state index contributed by atoms with van der Waals surface area (Å²) in [6, 6.07) is 5.32. The molecule has 20 heavy (non-hydrogen) atoms. The van der Waals surface area contributed by atoms with Crippen LogP contribution in [-0.2, 0) is 4.74 Å². The number of nitrogens with two attached hydrogens (primary N) is 1. The number of hydrogen-bond donors (Lipinski definition) is 1. The number of ether oxygens (including phenoxy) is 2. The normalized spacial score (nSPS) is 24.9. The molecule has 3 rings (SSSR count). The van der Waals surface area contributed by atoms with Gasteiger partial charge in [0.1, 0.15) is 12.4 Å². The standard InChI is InChI=1S/C16H22ClNO2/c17-14-5-4-12(18)10-15(14)19-11-13-6-9-16(20-13)7-2-1-3-8-16/h4-5,10,13H,1-3,6-9,11,18H2. The minimum Gasteiger partial charge on any atom is -0.489 e. The smallest absolute Gasteiger partial charge is 0.140 e. The van der Waals surface area contributed by atoms with Crippen LogP contribution < -0.4 is 10.5 Å². The van der Waals surface area contributed by atoms with Gasteiger partial charge >= 0.3 is 0 Å². The van der Waals surface area contributed by atoms with Crippen molar-refractivity contribution in [3.63, 3.8) is 0 Å². The van der Waals surface area contributed by atoms with Gasteiger partial charge in [-0.15, -0.1) is 0 Å². The van der Waals surface area contributed by atoms with E-state index in [0.717, 1.165) is 6.42 Å². The summed E-state index contributed by atoms with van der Waals surface area (Å²) in [5.41, 5.74) is 6.56. The highest BCUT2D eigenvalue weighted by molar-refractivity contribution is 6.32. The second kappa shape index (κ2) is 5.82. The molecule has 1 saturated carbocycles. The van der Waals surface area contributed by atoms with Crippen LogP contribution in [0.1, 0.15) is 44.9 Å². The maximum atomic E-state index is 6.28. The third-order valence-electron chi connectivity index (χ3n) is 4.48. The van der Waals surface area contributed by atoms with Gasteiger partial charge < -0.3 is 15.2 Å². The van der Waals surface area contributed by atoms with E-state index in [-0.39, 0.29) is 11.7 Å². The van der Waals surface area contributed by atoms with Crippen LogP contribution in [0.2, 0.25) is 5.02 Å². The first-order chi connectivity index (χ1) is 9.67. The minimum atomic E-state index is 0.145. The van der Waals surface area contributed by atoms with Gasteiger partial charge in [-0.05, 0) is 37.8 Å². The van der Waals surface area contributed by atoms with Crippen molar-refractivity contribution in [2.24, 2.45) is 0 Å². The SMILES string of the molecule is Nc1ccc(Cl)c(OCC2CCC3(CCCCC3)O2)c1. The Morgan fingerprint density at radius 3 is 2.85 bits per heavy atom. The van der Waals surface area contributed by atoms with E-state index in [1.807, 2.05) is 0 Å². The number of anilines is 1. The van der Waals surface area contributed by atoms with Crippen LogP contribution in [0.15, 0.2) is 18.2 Å². The Hall–Kier alpha value is -0.930. The van der Waals surface area contributed by atoms with Gasteiger partial charge in [-0.25, -0.2) is 0 Å². The van der Waals surface area contributed by atoms with Gasteiger partial charge in [0.25, 0.3) is 0 Å². The summed E-state index contributed by atoms with van der Waals surface area (Å²) in [5, 5.41) is 0.601. The van der Waals surface area contributed by atoms with Crippen LogP contribution in [0.5, 0.6) is 5.75 Å². The second-order valence-corrected chi connectivity index (χ2v) is 6.43. The summed E-state index contributed by atoms with van der Waals surface area (Å²) < 4.78 is 12.1. The zero-order chi connectivity index (χ0) is 14.0. The maximum Gasteiger partial charge on any atom is 0.140 e. The Labute approximate surface area is 125 Å². The summed E-state index contributed by atoms with van der Waals surface area (Å²) in [7, 11) is 0. The molecule has 1 aromatic carbocycles.